The molecule has 0 fully saturated rings. The molecule has 0 amide bonds. The predicted octanol–water partition coefficient (Wildman–Crippen LogP) is 24.1. The normalized spacial score (nSPS) is 12.7. The van der Waals surface area contributed by atoms with Crippen LogP contribution in [0.3, 0.4) is 0 Å². The zero-order chi connectivity index (χ0) is 67.4. The number of nitriles is 1. The molecule has 4 aromatic heterocycles. The van der Waals surface area contributed by atoms with Crippen molar-refractivity contribution in [3.05, 3.63) is 373 Å². The summed E-state index contributed by atoms with van der Waals surface area (Å²) in [5.41, 5.74) is 29.5. The van der Waals surface area contributed by atoms with Crippen molar-refractivity contribution in [1.82, 2.24) is 18.3 Å². The Morgan fingerprint density at radius 1 is 0.275 bits per heavy atom. The van der Waals surface area contributed by atoms with Crippen LogP contribution in [0.2, 0.25) is 0 Å². The maximum absolute atomic E-state index is 13.6. The van der Waals surface area contributed by atoms with Gasteiger partial charge in [-0.1, -0.05) is 243 Å². The molecule has 18 aromatic rings. The Morgan fingerprint density at radius 3 is 1.03 bits per heavy atom. The van der Waals surface area contributed by atoms with E-state index in [-0.39, 0.29) is 0 Å². The summed E-state index contributed by atoms with van der Waals surface area (Å²) in [6.07, 6.45) is 7.89. The summed E-state index contributed by atoms with van der Waals surface area (Å²) in [7, 11) is 0. The van der Waals surface area contributed by atoms with Gasteiger partial charge in [-0.15, -0.1) is 0 Å². The molecule has 0 bridgehead atoms. The van der Waals surface area contributed by atoms with Gasteiger partial charge < -0.3 is 9.13 Å². The molecule has 20 rings (SSSR count). The molecule has 5 nitrogen and oxygen atoms in total. The minimum absolute atomic E-state index is 0.478. The average Bonchev–Trinajstić information content (AvgIpc) is 1.45. The predicted molar refractivity (Wildman–Crippen MR) is 421 cm³/mol. The second-order valence-corrected chi connectivity index (χ2v) is 26.9. The quantitative estimate of drug-likeness (QED) is 0.127. The number of para-hydroxylation sites is 2. The van der Waals surface area contributed by atoms with Gasteiger partial charge in [-0.2, -0.15) is 5.26 Å². The number of allylic oxidation sites excluding steroid dienone is 2. The number of nitrogens with zero attached hydrogens (tertiary/aromatic N) is 5. The average molecular weight is 1300 g/mol. The van der Waals surface area contributed by atoms with Gasteiger partial charge >= 0.3 is 0 Å². The van der Waals surface area contributed by atoms with E-state index >= 15 is 0 Å². The van der Waals surface area contributed by atoms with Crippen LogP contribution < -0.4 is 0 Å². The van der Waals surface area contributed by atoms with Crippen molar-refractivity contribution in [1.29, 1.82) is 5.26 Å². The zero-order valence-corrected chi connectivity index (χ0v) is 55.7. The fourth-order valence-electron chi connectivity index (χ4n) is 16.8. The molecular formula is C97H61N5. The summed E-state index contributed by atoms with van der Waals surface area (Å²) >= 11 is 0. The summed E-state index contributed by atoms with van der Waals surface area (Å²) < 4.78 is 9.94. The second-order valence-electron chi connectivity index (χ2n) is 26.9. The van der Waals surface area contributed by atoms with Crippen molar-refractivity contribution in [3.8, 4) is 84.5 Å². The number of hydrogen-bond acceptors (Lipinski definition) is 1. The van der Waals surface area contributed by atoms with Gasteiger partial charge in [-0.05, 0) is 201 Å². The summed E-state index contributed by atoms with van der Waals surface area (Å²) in [4.78, 5) is 0. The van der Waals surface area contributed by atoms with E-state index < -0.39 is 0 Å². The molecule has 102 heavy (non-hydrogen) atoms. The third-order valence-electron chi connectivity index (χ3n) is 21.3. The number of rotatable bonds is 11. The van der Waals surface area contributed by atoms with E-state index in [1.807, 2.05) is 12.1 Å². The molecule has 4 heterocycles. The van der Waals surface area contributed by atoms with E-state index in [1.165, 1.54) is 22.3 Å². The van der Waals surface area contributed by atoms with E-state index in [2.05, 4.69) is 358 Å². The first-order valence-corrected chi connectivity index (χ1v) is 35.1. The van der Waals surface area contributed by atoms with E-state index in [1.54, 1.807) is 0 Å². The van der Waals surface area contributed by atoms with Crippen LogP contribution >= 0.6 is 0 Å². The van der Waals surface area contributed by atoms with Crippen LogP contribution in [0.15, 0.2) is 309 Å². The van der Waals surface area contributed by atoms with Gasteiger partial charge in [0.1, 0.15) is 22.7 Å². The van der Waals surface area contributed by atoms with Crippen LogP contribution in [-0.4, -0.2) is 18.3 Å². The van der Waals surface area contributed by atoms with Gasteiger partial charge in [-0.25, -0.2) is 0 Å². The van der Waals surface area contributed by atoms with E-state index in [4.69, 9.17) is 0 Å². The van der Waals surface area contributed by atoms with Gasteiger partial charge in [-0.3, -0.25) is 9.13 Å². The highest BCUT2D eigenvalue weighted by molar-refractivity contribution is 6.14. The van der Waals surface area contributed by atoms with Gasteiger partial charge in [0.05, 0.1) is 44.8 Å². The minimum Gasteiger partial charge on any atom is -0.310 e. The van der Waals surface area contributed by atoms with Crippen molar-refractivity contribution in [2.45, 2.75) is 25.7 Å². The Hall–Kier alpha value is -13.6. The third-order valence-corrected chi connectivity index (χ3v) is 21.3. The summed E-state index contributed by atoms with van der Waals surface area (Å²) in [5, 5.41) is 19.9. The van der Waals surface area contributed by atoms with Crippen LogP contribution in [0.4, 0.5) is 0 Å². The van der Waals surface area contributed by atoms with Crippen LogP contribution in [0.5, 0.6) is 0 Å². The van der Waals surface area contributed by atoms with Crippen LogP contribution in [0.1, 0.15) is 52.0 Å². The molecule has 0 radical (unpaired) electrons. The van der Waals surface area contributed by atoms with Crippen molar-refractivity contribution >= 4 is 88.7 Å². The Labute approximate surface area is 591 Å². The van der Waals surface area contributed by atoms with E-state index in [9.17, 15) is 5.26 Å². The lowest BCUT2D eigenvalue weighted by Gasteiger charge is -2.31. The van der Waals surface area contributed by atoms with Crippen molar-refractivity contribution < 1.29 is 0 Å². The van der Waals surface area contributed by atoms with Gasteiger partial charge in [0.15, 0.2) is 0 Å². The summed E-state index contributed by atoms with van der Waals surface area (Å²) in [6, 6.07) is 130. The molecule has 0 aliphatic heterocycles. The van der Waals surface area contributed by atoms with E-state index in [0.717, 1.165) is 179 Å². The molecule has 474 valence electrons. The Morgan fingerprint density at radius 2 is 0.627 bits per heavy atom. The van der Waals surface area contributed by atoms with E-state index in [0.29, 0.717) is 18.4 Å². The molecule has 0 atom stereocenters. The molecule has 0 N–H and O–H groups in total. The highest BCUT2D eigenvalue weighted by Gasteiger charge is 2.38. The first kappa shape index (κ1) is 58.5. The highest BCUT2D eigenvalue weighted by Crippen LogP contribution is 2.54. The lowest BCUT2D eigenvalue weighted by Crippen LogP contribution is -2.18. The molecule has 2 aliphatic rings. The molecule has 0 saturated carbocycles. The smallest absolute Gasteiger partial charge is 0.105 e. The Kier molecular flexibility index (Phi) is 13.7. The topological polar surface area (TPSA) is 43.5 Å². The fourth-order valence-corrected chi connectivity index (χ4v) is 16.8. The maximum atomic E-state index is 13.6. The largest absolute Gasteiger partial charge is 0.310 e. The van der Waals surface area contributed by atoms with Gasteiger partial charge in [0.25, 0.3) is 0 Å². The van der Waals surface area contributed by atoms with Crippen LogP contribution in [-0.2, 0) is 12.8 Å². The summed E-state index contributed by atoms with van der Waals surface area (Å²) in [5.74, 6) is 0. The number of aromatic nitrogens is 4. The first-order chi connectivity index (χ1) is 50.6. The fraction of sp³-hybridized carbons (Fsp3) is 0.0412. The highest BCUT2D eigenvalue weighted by atomic mass is 15.1. The molecule has 5 heteroatoms. The monoisotopic (exact) mass is 1300 g/mol. The standard InChI is InChI=1S/C97H61N5/c98-62-84-94(99-85-43-23-19-39-76(85)77-40-20-24-44-86(77)99)96(101-89-51-47-69(63-27-7-1-8-28-63)58-80(89)81-59-70(48-52-90(81)101)64-29-9-2-10-30-64)93(75-56-73(67-35-15-5-16-36-67)55-74(57-75)68-37-17-6-18-38-68)97(95(84)100-87-45-25-21-41-78(87)79-42-22-26-46-88(79)100)102-91-53-49-71(65-31-11-3-12-32-65)60-82(91)83-61-72(50-54-92(83)102)66-33-13-4-14-34-66/h1-23,25,27-43,45,47,49,51,53,55-61H,48,50,52,54H2. The number of fused-ring (bicyclic) bond motifs is 12. The SMILES string of the molecule is N#Cc1c(-n2c3c#cccc3c3ccccc32)c(-n2c3c(c4cc(-c5ccccc5)ccc42)C=C(c2ccccc2)CC3)c(-c2cc(-c3ccccc3)cc(-c3ccccc3)c2)c(-n2c3c(c4cc(-c5ccccc5)ccc42)C=C(c2ccccc2)CC3)c1-n1c2c#cccc2c2ccccc21. The molecule has 14 aromatic carbocycles. The lowest BCUT2D eigenvalue weighted by atomic mass is 9.88. The maximum Gasteiger partial charge on any atom is 0.105 e. The second kappa shape index (κ2) is 23.8. The number of benzene rings is 12. The van der Waals surface area contributed by atoms with Crippen molar-refractivity contribution in [2.24, 2.45) is 0 Å². The van der Waals surface area contributed by atoms with Gasteiger partial charge in [0.2, 0.25) is 0 Å². The van der Waals surface area contributed by atoms with Crippen LogP contribution in [0, 0.1) is 35.6 Å². The lowest BCUT2D eigenvalue weighted by molar-refractivity contribution is 0.877. The molecular weight excluding hydrogens is 1240 g/mol. The summed E-state index contributed by atoms with van der Waals surface area (Å²) in [6.45, 7) is 0. The Balaban J connectivity index is 1.08. The minimum atomic E-state index is 0.478. The van der Waals surface area contributed by atoms with Gasteiger partial charge in [0, 0.05) is 60.4 Å². The molecule has 2 aliphatic carbocycles. The number of hydrogen-bond donors (Lipinski definition) is 0. The van der Waals surface area contributed by atoms with Crippen molar-refractivity contribution in [3.63, 3.8) is 0 Å². The third kappa shape index (κ3) is 9.29. The van der Waals surface area contributed by atoms with Crippen molar-refractivity contribution in [2.75, 3.05) is 0 Å². The zero-order valence-electron chi connectivity index (χ0n) is 55.7. The molecule has 0 spiro atoms. The van der Waals surface area contributed by atoms with Crippen LogP contribution in [0.25, 0.3) is 167 Å². The molecule has 0 saturated heterocycles. The first-order valence-electron chi connectivity index (χ1n) is 35.1. The Bertz CT molecular complexity index is 6020. The molecule has 0 unspecified atom stereocenters.